The van der Waals surface area contributed by atoms with Crippen molar-refractivity contribution >= 4 is 27.9 Å². The molecular formula is C29H25FN4O3. The quantitative estimate of drug-likeness (QED) is 0.320. The third-order valence-corrected chi connectivity index (χ3v) is 7.22. The highest BCUT2D eigenvalue weighted by Gasteiger charge is 2.28. The average molecular weight is 497 g/mol. The van der Waals surface area contributed by atoms with Crippen LogP contribution in [0, 0.1) is 31.0 Å². The van der Waals surface area contributed by atoms with Crippen molar-refractivity contribution in [2.75, 3.05) is 0 Å². The van der Waals surface area contributed by atoms with Crippen molar-refractivity contribution in [2.45, 2.75) is 39.3 Å². The molecule has 0 aliphatic carbocycles. The standard InChI is InChI=1S/C29H25FN4O3/c1-16-4-10-23-28(17(16)2)22(15-32-23)18(3)33-24-11-5-19(14-31)12-26(24)34(29(33)37)25(13-27(35)36)20-6-8-21(30)9-7-20/h4-12,15,18,25,32H,13H2,1-3H3,(H,35,36)/t18?,25-/m1/s1. The first kappa shape index (κ1) is 24.1. The number of rotatable bonds is 6. The summed E-state index contributed by atoms with van der Waals surface area (Å²) in [6, 6.07) is 15.3. The SMILES string of the molecule is Cc1ccc2[nH]cc(C(C)n3c(=O)n([C@H](CC(=O)O)c4ccc(F)cc4)c4cc(C#N)ccc43)c2c1C. The van der Waals surface area contributed by atoms with E-state index in [1.54, 1.807) is 22.8 Å². The number of carboxylic acid groups (broad SMARTS) is 1. The van der Waals surface area contributed by atoms with E-state index >= 15 is 0 Å². The maximum Gasteiger partial charge on any atom is 0.330 e. The van der Waals surface area contributed by atoms with Crippen molar-refractivity contribution in [1.29, 1.82) is 5.26 Å². The van der Waals surface area contributed by atoms with Gasteiger partial charge in [0, 0.05) is 22.7 Å². The van der Waals surface area contributed by atoms with E-state index in [-0.39, 0.29) is 6.42 Å². The maximum atomic E-state index is 14.1. The molecule has 3 aromatic carbocycles. The van der Waals surface area contributed by atoms with Gasteiger partial charge in [-0.2, -0.15) is 5.26 Å². The van der Waals surface area contributed by atoms with Gasteiger partial charge in [-0.15, -0.1) is 0 Å². The van der Waals surface area contributed by atoms with E-state index in [0.717, 1.165) is 27.6 Å². The van der Waals surface area contributed by atoms with Crippen molar-refractivity contribution in [2.24, 2.45) is 0 Å². The zero-order valence-corrected chi connectivity index (χ0v) is 20.6. The number of aliphatic carboxylic acids is 1. The molecule has 186 valence electrons. The number of nitriles is 1. The first-order valence-corrected chi connectivity index (χ1v) is 11.9. The molecule has 7 nitrogen and oxygen atoms in total. The predicted molar refractivity (Wildman–Crippen MR) is 139 cm³/mol. The average Bonchev–Trinajstić information content (AvgIpc) is 3.43. The topological polar surface area (TPSA) is 104 Å². The Morgan fingerprint density at radius 1 is 1.08 bits per heavy atom. The van der Waals surface area contributed by atoms with Crippen molar-refractivity contribution in [1.82, 2.24) is 14.1 Å². The zero-order chi connectivity index (χ0) is 26.4. The molecule has 2 N–H and O–H groups in total. The summed E-state index contributed by atoms with van der Waals surface area (Å²) in [4.78, 5) is 29.3. The van der Waals surface area contributed by atoms with E-state index in [4.69, 9.17) is 0 Å². The van der Waals surface area contributed by atoms with Crippen LogP contribution in [-0.2, 0) is 4.79 Å². The number of benzene rings is 3. The minimum atomic E-state index is -1.10. The van der Waals surface area contributed by atoms with Gasteiger partial charge in [0.2, 0.25) is 0 Å². The molecule has 0 aliphatic heterocycles. The summed E-state index contributed by atoms with van der Waals surface area (Å²) in [5.74, 6) is -1.56. The van der Waals surface area contributed by atoms with Gasteiger partial charge in [0.05, 0.1) is 41.2 Å². The molecular weight excluding hydrogens is 471 g/mol. The molecule has 0 aliphatic rings. The fourth-order valence-electron chi connectivity index (χ4n) is 5.20. The van der Waals surface area contributed by atoms with Crippen LogP contribution in [0.1, 0.15) is 53.2 Å². The third kappa shape index (κ3) is 3.99. The van der Waals surface area contributed by atoms with Gasteiger partial charge in [0.25, 0.3) is 0 Å². The number of aromatic amines is 1. The molecule has 37 heavy (non-hydrogen) atoms. The minimum Gasteiger partial charge on any atom is -0.481 e. The summed E-state index contributed by atoms with van der Waals surface area (Å²) in [5, 5.41) is 20.3. The second-order valence-corrected chi connectivity index (χ2v) is 9.35. The lowest BCUT2D eigenvalue weighted by Gasteiger charge is -2.18. The van der Waals surface area contributed by atoms with Crippen LogP contribution < -0.4 is 5.69 Å². The van der Waals surface area contributed by atoms with Gasteiger partial charge in [0.1, 0.15) is 5.82 Å². The summed E-state index contributed by atoms with van der Waals surface area (Å²) < 4.78 is 16.7. The second kappa shape index (κ2) is 9.10. The summed E-state index contributed by atoms with van der Waals surface area (Å²) in [7, 11) is 0. The molecule has 0 spiro atoms. The number of fused-ring (bicyclic) bond motifs is 2. The third-order valence-electron chi connectivity index (χ3n) is 7.22. The van der Waals surface area contributed by atoms with Crippen LogP contribution in [-0.4, -0.2) is 25.2 Å². The van der Waals surface area contributed by atoms with E-state index in [1.807, 2.05) is 39.1 Å². The Balaban J connectivity index is 1.80. The minimum absolute atomic E-state index is 0.345. The van der Waals surface area contributed by atoms with E-state index in [9.17, 15) is 24.3 Å². The number of nitrogens with one attached hydrogen (secondary N) is 1. The Morgan fingerprint density at radius 2 is 1.81 bits per heavy atom. The summed E-state index contributed by atoms with van der Waals surface area (Å²) >= 11 is 0. The number of aromatic nitrogens is 3. The fourth-order valence-corrected chi connectivity index (χ4v) is 5.20. The van der Waals surface area contributed by atoms with Gasteiger partial charge in [-0.1, -0.05) is 18.2 Å². The van der Waals surface area contributed by atoms with Gasteiger partial charge in [-0.3, -0.25) is 13.9 Å². The monoisotopic (exact) mass is 496 g/mol. The number of carbonyl (C=O) groups is 1. The van der Waals surface area contributed by atoms with E-state index < -0.39 is 29.6 Å². The van der Waals surface area contributed by atoms with E-state index in [0.29, 0.717) is 22.2 Å². The Labute approximate surface area is 212 Å². The normalized spacial score (nSPS) is 13.1. The molecule has 1 unspecified atom stereocenters. The van der Waals surface area contributed by atoms with Crippen LogP contribution in [0.15, 0.2) is 65.6 Å². The molecule has 0 fully saturated rings. The number of carboxylic acids is 1. The first-order valence-electron chi connectivity index (χ1n) is 11.9. The predicted octanol–water partition coefficient (Wildman–Crippen LogP) is 5.59. The van der Waals surface area contributed by atoms with Gasteiger partial charge in [-0.05, 0) is 73.9 Å². The van der Waals surface area contributed by atoms with Crippen LogP contribution in [0.4, 0.5) is 4.39 Å². The Bertz CT molecular complexity index is 1770. The number of nitrogens with zero attached hydrogens (tertiary/aromatic N) is 3. The molecule has 5 aromatic rings. The highest BCUT2D eigenvalue weighted by atomic mass is 19.1. The fraction of sp³-hybridized carbons (Fsp3) is 0.207. The van der Waals surface area contributed by atoms with Crippen LogP contribution in [0.2, 0.25) is 0 Å². The number of hydrogen-bond acceptors (Lipinski definition) is 3. The molecule has 0 radical (unpaired) electrons. The molecule has 2 heterocycles. The number of halogens is 1. The van der Waals surface area contributed by atoms with Crippen LogP contribution in [0.3, 0.4) is 0 Å². The lowest BCUT2D eigenvalue weighted by atomic mass is 9.99. The van der Waals surface area contributed by atoms with Crippen LogP contribution in [0.25, 0.3) is 21.9 Å². The highest BCUT2D eigenvalue weighted by molar-refractivity contribution is 5.88. The zero-order valence-electron chi connectivity index (χ0n) is 20.6. The smallest absolute Gasteiger partial charge is 0.330 e. The van der Waals surface area contributed by atoms with Gasteiger partial charge >= 0.3 is 11.7 Å². The lowest BCUT2D eigenvalue weighted by molar-refractivity contribution is -0.137. The van der Waals surface area contributed by atoms with Crippen molar-refractivity contribution in [3.05, 3.63) is 105 Å². The maximum absolute atomic E-state index is 14.1. The molecule has 0 saturated carbocycles. The van der Waals surface area contributed by atoms with Gasteiger partial charge in [0.15, 0.2) is 0 Å². The van der Waals surface area contributed by atoms with Crippen molar-refractivity contribution in [3.63, 3.8) is 0 Å². The first-order chi connectivity index (χ1) is 17.7. The number of H-pyrrole nitrogens is 1. The molecule has 0 saturated heterocycles. The number of hydrogen-bond donors (Lipinski definition) is 2. The molecule has 2 aromatic heterocycles. The Hall–Kier alpha value is -4.64. The summed E-state index contributed by atoms with van der Waals surface area (Å²) in [5.41, 5.74) is 5.57. The summed E-state index contributed by atoms with van der Waals surface area (Å²) in [6.45, 7) is 6.01. The van der Waals surface area contributed by atoms with Crippen LogP contribution >= 0.6 is 0 Å². The molecule has 2 atom stereocenters. The number of imidazole rings is 1. The van der Waals surface area contributed by atoms with E-state index in [1.165, 1.54) is 28.8 Å². The number of aryl methyl sites for hydroxylation is 2. The van der Waals surface area contributed by atoms with Crippen molar-refractivity contribution in [3.8, 4) is 6.07 Å². The van der Waals surface area contributed by atoms with E-state index in [2.05, 4.69) is 11.1 Å². The largest absolute Gasteiger partial charge is 0.481 e. The Morgan fingerprint density at radius 3 is 2.49 bits per heavy atom. The molecule has 0 amide bonds. The second-order valence-electron chi connectivity index (χ2n) is 9.35. The molecule has 5 rings (SSSR count). The highest BCUT2D eigenvalue weighted by Crippen LogP contribution is 2.34. The Kier molecular flexibility index (Phi) is 5.92. The molecule has 0 bridgehead atoms. The van der Waals surface area contributed by atoms with Gasteiger partial charge in [-0.25, -0.2) is 9.18 Å². The van der Waals surface area contributed by atoms with Crippen molar-refractivity contribution < 1.29 is 14.3 Å². The van der Waals surface area contributed by atoms with Gasteiger partial charge < -0.3 is 10.1 Å². The molecule has 8 heteroatoms. The lowest BCUT2D eigenvalue weighted by Crippen LogP contribution is -2.31. The summed E-state index contributed by atoms with van der Waals surface area (Å²) in [6.07, 6.45) is 1.51. The van der Waals surface area contributed by atoms with Crippen LogP contribution in [0.5, 0.6) is 0 Å².